The number of piperazine rings is 1. The molecule has 13 nitrogen and oxygen atoms in total. The van der Waals surface area contributed by atoms with Crippen LogP contribution in [0.25, 0.3) is 10.9 Å². The van der Waals surface area contributed by atoms with Crippen LogP contribution in [-0.2, 0) is 19.2 Å². The summed E-state index contributed by atoms with van der Waals surface area (Å²) in [6.45, 7) is 4.17. The molecule has 1 aromatic carbocycles. The van der Waals surface area contributed by atoms with Gasteiger partial charge in [-0.25, -0.2) is 14.2 Å². The third-order valence-corrected chi connectivity index (χ3v) is 12.1. The number of carboxylic acids is 1. The summed E-state index contributed by atoms with van der Waals surface area (Å²) < 4.78 is 18.0. The third-order valence-electron chi connectivity index (χ3n) is 8.97. The summed E-state index contributed by atoms with van der Waals surface area (Å²) in [6, 6.07) is 5.02. The number of nitrogens with one attached hydrogen (secondary N) is 2. The normalized spacial score (nSPS) is 22.2. The zero-order chi connectivity index (χ0) is 35.1. The Morgan fingerprint density at radius 1 is 1.38 bits per heavy atom. The smallest absolute Gasteiger partial charge is 0.352 e. The molecule has 3 fully saturated rings. The number of rotatable bonds is 11. The highest BCUT2D eigenvalue weighted by Crippen LogP contribution is 2.43. The standard InChI is InChI=1S/C33H33FN8O5S3/c1-3-10-47-39-26(22-16-50-33(35)37-22)29(43)38-27-30(44)42-28(32(45)46)18(15-49-31(27)42)14-48-25-6-8-41(19-4-5-19)23-12-24(21(34)11-20(23)25)40-9-7-36-13-17(40)2/h1,6,8,11-12,16-17,19,27,31,36H,4-5,7,9-10,13-15H2,2H3,(H3-,35,37,38,43,45,46)/p+1/t17?,27?,31-/m0/s1. The number of nitrogens with two attached hydrogens (primary N) is 1. The van der Waals surface area contributed by atoms with Gasteiger partial charge in [0.25, 0.3) is 11.8 Å². The predicted octanol–water partition coefficient (Wildman–Crippen LogP) is 2.32. The first kappa shape index (κ1) is 34.1. The molecule has 5 heterocycles. The summed E-state index contributed by atoms with van der Waals surface area (Å²) in [5.41, 5.74) is 7.64. The monoisotopic (exact) mass is 737 g/mol. The molecule has 2 amide bonds. The Kier molecular flexibility index (Phi) is 9.61. The molecule has 7 rings (SSSR count). The fraction of sp³-hybridized carbons (Fsp3) is 0.394. The Morgan fingerprint density at radius 3 is 2.90 bits per heavy atom. The zero-order valence-electron chi connectivity index (χ0n) is 26.9. The van der Waals surface area contributed by atoms with Gasteiger partial charge in [0.2, 0.25) is 5.52 Å². The largest absolute Gasteiger partial charge is 0.477 e. The number of hydrogen-bond donors (Lipinski definition) is 4. The van der Waals surface area contributed by atoms with E-state index in [2.05, 4.69) is 43.1 Å². The van der Waals surface area contributed by atoms with Gasteiger partial charge in [0.15, 0.2) is 29.7 Å². The first-order valence-corrected chi connectivity index (χ1v) is 18.9. The second-order valence-electron chi connectivity index (χ2n) is 12.3. The minimum Gasteiger partial charge on any atom is -0.477 e. The second kappa shape index (κ2) is 14.1. The zero-order valence-corrected chi connectivity index (χ0v) is 29.4. The van der Waals surface area contributed by atoms with Gasteiger partial charge in [-0.15, -0.1) is 41.3 Å². The Morgan fingerprint density at radius 2 is 2.20 bits per heavy atom. The van der Waals surface area contributed by atoms with Gasteiger partial charge in [-0.3, -0.25) is 14.5 Å². The van der Waals surface area contributed by atoms with Gasteiger partial charge in [-0.05, 0) is 18.6 Å². The summed E-state index contributed by atoms with van der Waals surface area (Å²) in [5, 5.41) is 21.9. The number of benzene rings is 1. The number of anilines is 2. The van der Waals surface area contributed by atoms with Crippen LogP contribution in [0.5, 0.6) is 0 Å². The van der Waals surface area contributed by atoms with E-state index in [-0.39, 0.29) is 46.5 Å². The highest BCUT2D eigenvalue weighted by atomic mass is 32.2. The summed E-state index contributed by atoms with van der Waals surface area (Å²) in [4.78, 5) is 52.5. The summed E-state index contributed by atoms with van der Waals surface area (Å²) in [7, 11) is 0. The number of carbonyl (C=O) groups is 3. The molecule has 4 aliphatic rings. The molecule has 17 heteroatoms. The van der Waals surface area contributed by atoms with E-state index in [1.54, 1.807) is 6.07 Å². The maximum absolute atomic E-state index is 15.8. The maximum Gasteiger partial charge on any atom is 0.352 e. The average Bonchev–Trinajstić information content (AvgIpc) is 3.86. The average molecular weight is 738 g/mol. The lowest BCUT2D eigenvalue weighted by Crippen LogP contribution is -2.71. The third kappa shape index (κ3) is 6.48. The highest BCUT2D eigenvalue weighted by molar-refractivity contribution is 8.01. The Balaban J connectivity index is 1.11. The van der Waals surface area contributed by atoms with E-state index in [9.17, 15) is 19.5 Å². The molecule has 0 bridgehead atoms. The number of aliphatic carboxylic acids is 1. The van der Waals surface area contributed by atoms with Crippen LogP contribution in [0, 0.1) is 18.2 Å². The van der Waals surface area contributed by atoms with Crippen LogP contribution in [0.2, 0.25) is 0 Å². The number of carbonyl (C=O) groups excluding carboxylic acids is 2. The van der Waals surface area contributed by atoms with E-state index in [0.717, 1.165) is 53.1 Å². The number of terminal acetylenes is 1. The first-order valence-electron chi connectivity index (χ1n) is 16.0. The topological polar surface area (TPSA) is 166 Å². The number of carboxylic acid groups (broad SMARTS) is 1. The molecule has 50 heavy (non-hydrogen) atoms. The molecule has 1 saturated carbocycles. The van der Waals surface area contributed by atoms with Crippen LogP contribution in [-0.4, -0.2) is 93.7 Å². The van der Waals surface area contributed by atoms with Crippen LogP contribution in [0.4, 0.5) is 15.2 Å². The molecule has 0 spiro atoms. The van der Waals surface area contributed by atoms with Crippen molar-refractivity contribution in [3.05, 3.63) is 52.6 Å². The minimum atomic E-state index is -1.24. The van der Waals surface area contributed by atoms with Crippen molar-refractivity contribution < 1.29 is 33.3 Å². The molecule has 0 radical (unpaired) electrons. The molecule has 2 saturated heterocycles. The molecular formula is C33H34FN8O5S3+. The number of thioether (sulfide) groups is 2. The van der Waals surface area contributed by atoms with Crippen LogP contribution in [0.1, 0.15) is 31.5 Å². The SMILES string of the molecule is C#CCON=C(C(=O)NC1C(=O)N2C(C(=O)O)=C(CSc3cc[n+](C4CC4)c4cc(N5CCNCC5C)c(F)cc34)CS[C@@H]12)c1csc(N)n1. The van der Waals surface area contributed by atoms with Crippen LogP contribution in [0.3, 0.4) is 0 Å². The lowest BCUT2D eigenvalue weighted by atomic mass is 10.0. The van der Waals surface area contributed by atoms with Crippen molar-refractivity contribution >= 4 is 80.1 Å². The van der Waals surface area contributed by atoms with Crippen molar-refractivity contribution in [2.45, 2.75) is 48.2 Å². The van der Waals surface area contributed by atoms with E-state index in [0.29, 0.717) is 29.6 Å². The van der Waals surface area contributed by atoms with E-state index in [1.807, 2.05) is 18.3 Å². The van der Waals surface area contributed by atoms with Crippen LogP contribution < -0.4 is 25.8 Å². The number of fused-ring (bicyclic) bond motifs is 2. The van der Waals surface area contributed by atoms with Crippen molar-refractivity contribution in [2.24, 2.45) is 5.16 Å². The maximum atomic E-state index is 15.8. The number of amides is 2. The number of aromatic nitrogens is 2. The van der Waals surface area contributed by atoms with Crippen molar-refractivity contribution in [3.63, 3.8) is 0 Å². The molecule has 5 N–H and O–H groups in total. The molecule has 2 aromatic heterocycles. The minimum absolute atomic E-state index is 0.107. The Labute approximate surface area is 299 Å². The van der Waals surface area contributed by atoms with Gasteiger partial charge in [-0.1, -0.05) is 11.1 Å². The number of thiazole rings is 1. The van der Waals surface area contributed by atoms with Crippen LogP contribution >= 0.6 is 34.9 Å². The second-order valence-corrected chi connectivity index (χ2v) is 15.3. The number of β-lactam (4-membered cyclic amide) rings is 1. The number of hydrogen-bond acceptors (Lipinski definition) is 12. The fourth-order valence-corrected chi connectivity index (χ4v) is 9.47. The molecule has 3 aromatic rings. The molecule has 260 valence electrons. The summed E-state index contributed by atoms with van der Waals surface area (Å²) in [6.07, 6.45) is 9.38. The van der Waals surface area contributed by atoms with Gasteiger partial charge >= 0.3 is 5.97 Å². The van der Waals surface area contributed by atoms with Crippen LogP contribution in [0.15, 0.2) is 51.1 Å². The highest BCUT2D eigenvalue weighted by Gasteiger charge is 2.54. The van der Waals surface area contributed by atoms with Crippen molar-refractivity contribution in [2.75, 3.05) is 48.4 Å². The molecule has 3 aliphatic heterocycles. The quantitative estimate of drug-likeness (QED) is 0.0434. The Hall–Kier alpha value is -4.37. The predicted molar refractivity (Wildman–Crippen MR) is 190 cm³/mol. The van der Waals surface area contributed by atoms with Gasteiger partial charge in [0.05, 0.1) is 11.1 Å². The van der Waals surface area contributed by atoms with E-state index < -0.39 is 29.2 Å². The van der Waals surface area contributed by atoms with E-state index >= 15 is 4.39 Å². The first-order chi connectivity index (χ1) is 24.2. The Bertz CT molecular complexity index is 1990. The number of nitrogens with zero attached hydrogens (tertiary/aromatic N) is 5. The van der Waals surface area contributed by atoms with Crippen molar-refractivity contribution in [1.29, 1.82) is 0 Å². The molecule has 1 aliphatic carbocycles. The van der Waals surface area contributed by atoms with Crippen molar-refractivity contribution in [3.8, 4) is 12.3 Å². The molecule has 2 unspecified atom stereocenters. The van der Waals surface area contributed by atoms with E-state index in [4.69, 9.17) is 17.0 Å². The fourth-order valence-electron chi connectivity index (χ4n) is 6.40. The summed E-state index contributed by atoms with van der Waals surface area (Å²) in [5.74, 6) is 0.00222. The molecular weight excluding hydrogens is 704 g/mol. The van der Waals surface area contributed by atoms with E-state index in [1.165, 1.54) is 33.8 Å². The molecule has 3 atom stereocenters. The van der Waals surface area contributed by atoms with Gasteiger partial charge < -0.3 is 31.2 Å². The number of pyridine rings is 1. The van der Waals surface area contributed by atoms with Crippen molar-refractivity contribution in [1.82, 2.24) is 20.5 Å². The summed E-state index contributed by atoms with van der Waals surface area (Å²) >= 11 is 3.87. The van der Waals surface area contributed by atoms with Gasteiger partial charge in [0.1, 0.15) is 28.6 Å². The lowest BCUT2D eigenvalue weighted by Gasteiger charge is -2.49. The number of halogens is 1. The van der Waals surface area contributed by atoms with Gasteiger partial charge in [0, 0.05) is 72.4 Å². The lowest BCUT2D eigenvalue weighted by molar-refractivity contribution is -0.675. The van der Waals surface area contributed by atoms with Gasteiger partial charge in [-0.2, -0.15) is 4.57 Å². The number of nitrogen functional groups attached to an aromatic ring is 1. The number of oxime groups is 1.